The van der Waals surface area contributed by atoms with Gasteiger partial charge in [-0.1, -0.05) is 25.5 Å². The minimum Gasteiger partial charge on any atom is -0.477 e. The number of amides is 1. The quantitative estimate of drug-likeness (QED) is 0.187. The van der Waals surface area contributed by atoms with Crippen LogP contribution in [-0.2, 0) is 16.7 Å². The number of unbranched alkanes of at least 4 members (excludes halogenated alkanes) is 1. The fourth-order valence-electron chi connectivity index (χ4n) is 2.87. The van der Waals surface area contributed by atoms with Crippen molar-refractivity contribution >= 4 is 21.7 Å². The molecule has 0 spiro atoms. The van der Waals surface area contributed by atoms with Gasteiger partial charge in [0.2, 0.25) is 5.88 Å². The van der Waals surface area contributed by atoms with Crippen LogP contribution < -0.4 is 14.2 Å². The Hall–Kier alpha value is -3.99. The second kappa shape index (κ2) is 11.2. The van der Waals surface area contributed by atoms with Gasteiger partial charge in [0.1, 0.15) is 10.6 Å². The maximum absolute atomic E-state index is 12.5. The average molecular weight is 486 g/mol. The minimum atomic E-state index is -4.29. The van der Waals surface area contributed by atoms with E-state index in [0.717, 1.165) is 24.5 Å². The van der Waals surface area contributed by atoms with Gasteiger partial charge in [-0.05, 0) is 42.8 Å². The lowest BCUT2D eigenvalue weighted by Crippen LogP contribution is -2.23. The number of hydrogen-bond donors (Lipinski definition) is 1. The van der Waals surface area contributed by atoms with E-state index in [-0.39, 0.29) is 34.3 Å². The standard InChI is InChI=1S/C23H23N3O7S/c1-2-3-14-32-23-18(6-5-13-24-23)16-25-22(27)17-9-11-20(12-10-17)33-34(30,31)21-8-4-7-19(15-21)26(28)29/h4-13,15H,2-3,14,16H2,1H3,(H,25,27). The zero-order valence-electron chi connectivity index (χ0n) is 18.3. The van der Waals surface area contributed by atoms with Crippen LogP contribution in [0.4, 0.5) is 5.69 Å². The molecule has 3 rings (SSSR count). The van der Waals surface area contributed by atoms with E-state index in [1.165, 1.54) is 42.5 Å². The van der Waals surface area contributed by atoms with Crippen molar-refractivity contribution in [2.75, 3.05) is 6.61 Å². The van der Waals surface area contributed by atoms with Crippen molar-refractivity contribution < 1.29 is 27.1 Å². The number of carbonyl (C=O) groups excluding carboxylic acids is 1. The molecule has 0 atom stereocenters. The van der Waals surface area contributed by atoms with Crippen molar-refractivity contribution in [1.82, 2.24) is 10.3 Å². The summed E-state index contributed by atoms with van der Waals surface area (Å²) in [4.78, 5) is 26.6. The number of nitrogens with zero attached hydrogens (tertiary/aromatic N) is 2. The van der Waals surface area contributed by atoms with Gasteiger partial charge in [0, 0.05) is 36.0 Å². The highest BCUT2D eigenvalue weighted by atomic mass is 32.2. The summed E-state index contributed by atoms with van der Waals surface area (Å²) >= 11 is 0. The van der Waals surface area contributed by atoms with Crippen LogP contribution in [0.3, 0.4) is 0 Å². The molecule has 0 aliphatic heterocycles. The second-order valence-corrected chi connectivity index (χ2v) is 8.71. The molecule has 0 saturated carbocycles. The molecule has 178 valence electrons. The van der Waals surface area contributed by atoms with Crippen LogP contribution in [0.2, 0.25) is 0 Å². The van der Waals surface area contributed by atoms with Gasteiger partial charge in [-0.3, -0.25) is 14.9 Å². The molecule has 3 aromatic rings. The van der Waals surface area contributed by atoms with Crippen LogP contribution in [0.15, 0.2) is 71.8 Å². The normalized spacial score (nSPS) is 11.0. The van der Waals surface area contributed by atoms with Crippen LogP contribution in [0.25, 0.3) is 0 Å². The van der Waals surface area contributed by atoms with E-state index >= 15 is 0 Å². The third kappa shape index (κ3) is 6.51. The summed E-state index contributed by atoms with van der Waals surface area (Å²) < 4.78 is 35.6. The molecule has 1 heterocycles. The average Bonchev–Trinajstić information content (AvgIpc) is 2.83. The summed E-state index contributed by atoms with van der Waals surface area (Å²) in [6.07, 6.45) is 3.51. The lowest BCUT2D eigenvalue weighted by atomic mass is 10.2. The van der Waals surface area contributed by atoms with Crippen molar-refractivity contribution in [3.63, 3.8) is 0 Å². The lowest BCUT2D eigenvalue weighted by Gasteiger charge is -2.11. The van der Waals surface area contributed by atoms with E-state index in [4.69, 9.17) is 8.92 Å². The van der Waals surface area contributed by atoms with Gasteiger partial charge in [0.05, 0.1) is 11.5 Å². The Morgan fingerprint density at radius 2 is 1.88 bits per heavy atom. The number of benzene rings is 2. The number of nitro groups is 1. The summed E-state index contributed by atoms with van der Waals surface area (Å²) in [6, 6.07) is 13.6. The molecule has 2 aromatic carbocycles. The fraction of sp³-hybridized carbons (Fsp3) is 0.217. The molecule has 0 unspecified atom stereocenters. The molecule has 1 amide bonds. The largest absolute Gasteiger partial charge is 0.477 e. The number of nitro benzene ring substituents is 1. The van der Waals surface area contributed by atoms with Crippen LogP contribution in [0.1, 0.15) is 35.7 Å². The van der Waals surface area contributed by atoms with Crippen LogP contribution in [0.5, 0.6) is 11.6 Å². The molecule has 34 heavy (non-hydrogen) atoms. The maximum Gasteiger partial charge on any atom is 0.339 e. The molecule has 10 nitrogen and oxygen atoms in total. The van der Waals surface area contributed by atoms with Gasteiger partial charge in [-0.15, -0.1) is 0 Å². The van der Waals surface area contributed by atoms with E-state index in [1.807, 2.05) is 6.07 Å². The van der Waals surface area contributed by atoms with E-state index < -0.39 is 15.0 Å². The maximum atomic E-state index is 12.5. The molecular formula is C23H23N3O7S. The number of nitrogens with one attached hydrogen (secondary N) is 1. The summed E-state index contributed by atoms with van der Waals surface area (Å²) in [5.74, 6) is 0.0460. The van der Waals surface area contributed by atoms with Crippen molar-refractivity contribution in [1.29, 1.82) is 0 Å². The van der Waals surface area contributed by atoms with Gasteiger partial charge >= 0.3 is 10.1 Å². The molecule has 0 radical (unpaired) electrons. The Labute approximate surface area is 196 Å². The Morgan fingerprint density at radius 1 is 1.12 bits per heavy atom. The highest BCUT2D eigenvalue weighted by Gasteiger charge is 2.20. The van der Waals surface area contributed by atoms with Crippen LogP contribution in [-0.4, -0.2) is 30.8 Å². The predicted molar refractivity (Wildman–Crippen MR) is 123 cm³/mol. The van der Waals surface area contributed by atoms with Crippen LogP contribution >= 0.6 is 0 Å². The lowest BCUT2D eigenvalue weighted by molar-refractivity contribution is -0.385. The smallest absolute Gasteiger partial charge is 0.339 e. The van der Waals surface area contributed by atoms with Crippen LogP contribution in [0, 0.1) is 10.1 Å². The van der Waals surface area contributed by atoms with Gasteiger partial charge in [-0.25, -0.2) is 4.98 Å². The fourth-order valence-corrected chi connectivity index (χ4v) is 3.84. The number of hydrogen-bond acceptors (Lipinski definition) is 8. The van der Waals surface area contributed by atoms with Gasteiger partial charge in [0.25, 0.3) is 11.6 Å². The summed E-state index contributed by atoms with van der Waals surface area (Å²) in [7, 11) is -4.29. The van der Waals surface area contributed by atoms with Crippen molar-refractivity contribution in [2.45, 2.75) is 31.2 Å². The molecule has 0 aliphatic rings. The Balaban J connectivity index is 1.63. The number of ether oxygens (including phenoxy) is 1. The van der Waals surface area contributed by atoms with E-state index in [2.05, 4.69) is 17.2 Å². The molecule has 1 aromatic heterocycles. The summed E-state index contributed by atoms with van der Waals surface area (Å²) in [5, 5.41) is 13.7. The molecule has 0 bridgehead atoms. The Morgan fingerprint density at radius 3 is 2.59 bits per heavy atom. The molecule has 0 saturated heterocycles. The molecule has 0 aliphatic carbocycles. The van der Waals surface area contributed by atoms with Gasteiger partial charge in [-0.2, -0.15) is 8.42 Å². The van der Waals surface area contributed by atoms with Gasteiger partial charge < -0.3 is 14.2 Å². The third-order valence-corrected chi connectivity index (χ3v) is 5.91. The van der Waals surface area contributed by atoms with Gasteiger partial charge in [0.15, 0.2) is 0 Å². The Kier molecular flexibility index (Phi) is 8.14. The second-order valence-electron chi connectivity index (χ2n) is 7.17. The molecule has 1 N–H and O–H groups in total. The first-order chi connectivity index (χ1) is 16.3. The third-order valence-electron chi connectivity index (χ3n) is 4.67. The first kappa shape index (κ1) is 24.6. The summed E-state index contributed by atoms with van der Waals surface area (Å²) in [5.41, 5.74) is 0.650. The van der Waals surface area contributed by atoms with Crippen molar-refractivity contribution in [2.24, 2.45) is 0 Å². The number of non-ortho nitro benzene ring substituents is 1. The highest BCUT2D eigenvalue weighted by Crippen LogP contribution is 2.22. The van der Waals surface area contributed by atoms with Crippen molar-refractivity contribution in [3.8, 4) is 11.6 Å². The van der Waals surface area contributed by atoms with E-state index in [1.54, 1.807) is 12.3 Å². The zero-order valence-corrected chi connectivity index (χ0v) is 19.2. The van der Waals surface area contributed by atoms with Crippen molar-refractivity contribution in [3.05, 3.63) is 88.1 Å². The number of pyridine rings is 1. The Bertz CT molecular complexity index is 1260. The first-order valence-electron chi connectivity index (χ1n) is 10.4. The number of carbonyl (C=O) groups is 1. The van der Waals surface area contributed by atoms with E-state index in [0.29, 0.717) is 12.5 Å². The van der Waals surface area contributed by atoms with E-state index in [9.17, 15) is 23.3 Å². The summed E-state index contributed by atoms with van der Waals surface area (Å²) in [6.45, 7) is 2.80. The zero-order chi connectivity index (χ0) is 24.6. The SMILES string of the molecule is CCCCOc1ncccc1CNC(=O)c1ccc(OS(=O)(=O)c2cccc([N+](=O)[O-])c2)cc1. The topological polar surface area (TPSA) is 138 Å². The monoisotopic (exact) mass is 485 g/mol. The molecule has 0 fully saturated rings. The molecular weight excluding hydrogens is 462 g/mol. The highest BCUT2D eigenvalue weighted by molar-refractivity contribution is 7.87. The number of aromatic nitrogens is 1. The molecule has 11 heteroatoms. The minimum absolute atomic E-state index is 0.0399. The number of rotatable bonds is 11. The first-order valence-corrected chi connectivity index (χ1v) is 11.8. The predicted octanol–water partition coefficient (Wildman–Crippen LogP) is 3.87.